The van der Waals surface area contributed by atoms with Crippen molar-refractivity contribution in [1.82, 2.24) is 10.6 Å². The molecule has 0 aliphatic heterocycles. The first-order valence-electron chi connectivity index (χ1n) is 6.08. The molecule has 15 heavy (non-hydrogen) atoms. The fourth-order valence-corrected chi connectivity index (χ4v) is 1.57. The quantitative estimate of drug-likeness (QED) is 0.701. The number of nitrogens with one attached hydrogen (secondary N) is 2. The summed E-state index contributed by atoms with van der Waals surface area (Å²) in [5.41, 5.74) is 0. The minimum atomic E-state index is -0.0631. The van der Waals surface area contributed by atoms with E-state index < -0.39 is 0 Å². The van der Waals surface area contributed by atoms with E-state index in [4.69, 9.17) is 0 Å². The van der Waals surface area contributed by atoms with Crippen LogP contribution in [0, 0.1) is 11.8 Å². The molecule has 2 N–H and O–H groups in total. The fourth-order valence-electron chi connectivity index (χ4n) is 1.57. The van der Waals surface area contributed by atoms with E-state index in [0.717, 1.165) is 24.8 Å². The Morgan fingerprint density at radius 3 is 2.53 bits per heavy atom. The Balaban J connectivity index is 2.15. The molecule has 0 spiro atoms. The molecular formula is C12H24N2O. The predicted octanol–water partition coefficient (Wildman–Crippen LogP) is 1.54. The van der Waals surface area contributed by atoms with Crippen LogP contribution in [0.3, 0.4) is 0 Å². The monoisotopic (exact) mass is 212 g/mol. The van der Waals surface area contributed by atoms with Crippen molar-refractivity contribution in [2.24, 2.45) is 11.8 Å². The number of carbonyl (C=O) groups is 1. The SMILES string of the molecule is CCC(C)NC(=O)C(C)NCC1CC1C. The second-order valence-corrected chi connectivity index (χ2v) is 4.92. The van der Waals surface area contributed by atoms with E-state index in [9.17, 15) is 4.79 Å². The van der Waals surface area contributed by atoms with Crippen LogP contribution in [0.4, 0.5) is 0 Å². The van der Waals surface area contributed by atoms with E-state index in [0.29, 0.717) is 0 Å². The highest BCUT2D eigenvalue weighted by Crippen LogP contribution is 2.36. The predicted molar refractivity (Wildman–Crippen MR) is 62.6 cm³/mol. The average molecular weight is 212 g/mol. The van der Waals surface area contributed by atoms with E-state index in [1.54, 1.807) is 0 Å². The lowest BCUT2D eigenvalue weighted by atomic mass is 10.2. The maximum Gasteiger partial charge on any atom is 0.237 e. The number of hydrogen-bond acceptors (Lipinski definition) is 2. The summed E-state index contributed by atoms with van der Waals surface area (Å²) in [6.07, 6.45) is 2.30. The molecule has 1 aliphatic carbocycles. The zero-order valence-electron chi connectivity index (χ0n) is 10.3. The number of amides is 1. The van der Waals surface area contributed by atoms with E-state index >= 15 is 0 Å². The lowest BCUT2D eigenvalue weighted by molar-refractivity contribution is -0.123. The number of hydrogen-bond donors (Lipinski definition) is 2. The van der Waals surface area contributed by atoms with E-state index in [2.05, 4.69) is 24.5 Å². The summed E-state index contributed by atoms with van der Waals surface area (Å²) < 4.78 is 0. The molecule has 4 unspecified atom stereocenters. The normalized spacial score (nSPS) is 28.3. The van der Waals surface area contributed by atoms with Gasteiger partial charge in [-0.2, -0.15) is 0 Å². The van der Waals surface area contributed by atoms with Gasteiger partial charge >= 0.3 is 0 Å². The molecule has 3 heteroatoms. The van der Waals surface area contributed by atoms with Crippen molar-refractivity contribution in [2.75, 3.05) is 6.54 Å². The lowest BCUT2D eigenvalue weighted by Crippen LogP contribution is -2.45. The van der Waals surface area contributed by atoms with Crippen molar-refractivity contribution >= 4 is 5.91 Å². The highest BCUT2D eigenvalue weighted by Gasteiger charge is 2.32. The Morgan fingerprint density at radius 2 is 2.07 bits per heavy atom. The molecule has 0 aromatic carbocycles. The zero-order valence-corrected chi connectivity index (χ0v) is 10.3. The Morgan fingerprint density at radius 1 is 1.47 bits per heavy atom. The van der Waals surface area contributed by atoms with Gasteiger partial charge in [-0.25, -0.2) is 0 Å². The van der Waals surface area contributed by atoms with Crippen LogP contribution in [0.2, 0.25) is 0 Å². The first-order valence-corrected chi connectivity index (χ1v) is 6.08. The molecule has 0 heterocycles. The van der Waals surface area contributed by atoms with Crippen molar-refractivity contribution in [3.05, 3.63) is 0 Å². The van der Waals surface area contributed by atoms with Gasteiger partial charge in [-0.05, 0) is 45.1 Å². The van der Waals surface area contributed by atoms with Gasteiger partial charge in [-0.15, -0.1) is 0 Å². The lowest BCUT2D eigenvalue weighted by Gasteiger charge is -2.17. The summed E-state index contributed by atoms with van der Waals surface area (Å²) in [6.45, 7) is 9.29. The van der Waals surface area contributed by atoms with Gasteiger partial charge in [0.1, 0.15) is 0 Å². The largest absolute Gasteiger partial charge is 0.352 e. The van der Waals surface area contributed by atoms with Crippen LogP contribution >= 0.6 is 0 Å². The topological polar surface area (TPSA) is 41.1 Å². The maximum atomic E-state index is 11.7. The van der Waals surface area contributed by atoms with Crippen molar-refractivity contribution in [3.63, 3.8) is 0 Å². The van der Waals surface area contributed by atoms with Crippen LogP contribution in [0.15, 0.2) is 0 Å². The molecular weight excluding hydrogens is 188 g/mol. The van der Waals surface area contributed by atoms with Crippen LogP contribution in [0.5, 0.6) is 0 Å². The molecule has 0 aromatic rings. The molecule has 1 amide bonds. The molecule has 4 atom stereocenters. The Hall–Kier alpha value is -0.570. The van der Waals surface area contributed by atoms with Crippen LogP contribution < -0.4 is 10.6 Å². The van der Waals surface area contributed by atoms with Crippen molar-refractivity contribution in [1.29, 1.82) is 0 Å². The van der Waals surface area contributed by atoms with Gasteiger partial charge < -0.3 is 10.6 Å². The Bertz CT molecular complexity index is 218. The zero-order chi connectivity index (χ0) is 11.4. The van der Waals surface area contributed by atoms with Crippen LogP contribution in [0.25, 0.3) is 0 Å². The standard InChI is InChI=1S/C12H24N2O/c1-5-9(3)14-12(15)10(4)13-7-11-6-8(11)2/h8-11,13H,5-7H2,1-4H3,(H,14,15). The fraction of sp³-hybridized carbons (Fsp3) is 0.917. The first-order chi connectivity index (χ1) is 7.04. The van der Waals surface area contributed by atoms with E-state index in [1.807, 2.05) is 13.8 Å². The first kappa shape index (κ1) is 12.5. The van der Waals surface area contributed by atoms with Gasteiger partial charge in [0, 0.05) is 6.04 Å². The third-order valence-electron chi connectivity index (χ3n) is 3.36. The number of rotatable bonds is 6. The van der Waals surface area contributed by atoms with E-state index in [1.165, 1.54) is 6.42 Å². The van der Waals surface area contributed by atoms with E-state index in [-0.39, 0.29) is 18.0 Å². The minimum Gasteiger partial charge on any atom is -0.352 e. The third kappa shape index (κ3) is 4.20. The van der Waals surface area contributed by atoms with Crippen molar-refractivity contribution in [3.8, 4) is 0 Å². The third-order valence-corrected chi connectivity index (χ3v) is 3.36. The second-order valence-electron chi connectivity index (χ2n) is 4.92. The van der Waals surface area contributed by atoms with Gasteiger partial charge in [0.05, 0.1) is 6.04 Å². The smallest absolute Gasteiger partial charge is 0.237 e. The Labute approximate surface area is 93.0 Å². The summed E-state index contributed by atoms with van der Waals surface area (Å²) in [6, 6.07) is 0.216. The second kappa shape index (κ2) is 5.50. The molecule has 0 aromatic heterocycles. The van der Waals surface area contributed by atoms with Gasteiger partial charge in [0.15, 0.2) is 0 Å². The average Bonchev–Trinajstić information content (AvgIpc) is 2.90. The molecule has 3 nitrogen and oxygen atoms in total. The highest BCUT2D eigenvalue weighted by molar-refractivity contribution is 5.81. The van der Waals surface area contributed by atoms with Crippen LogP contribution in [-0.2, 0) is 4.79 Å². The Kier molecular flexibility index (Phi) is 4.58. The molecule has 0 bridgehead atoms. The molecule has 1 rings (SSSR count). The van der Waals surface area contributed by atoms with Gasteiger partial charge in [-0.3, -0.25) is 4.79 Å². The maximum absolute atomic E-state index is 11.7. The molecule has 0 saturated heterocycles. The van der Waals surface area contributed by atoms with Crippen molar-refractivity contribution < 1.29 is 4.79 Å². The summed E-state index contributed by atoms with van der Waals surface area (Å²) in [5.74, 6) is 1.77. The highest BCUT2D eigenvalue weighted by atomic mass is 16.2. The summed E-state index contributed by atoms with van der Waals surface area (Å²) >= 11 is 0. The summed E-state index contributed by atoms with van der Waals surface area (Å²) in [5, 5.41) is 6.28. The summed E-state index contributed by atoms with van der Waals surface area (Å²) in [7, 11) is 0. The van der Waals surface area contributed by atoms with Crippen molar-refractivity contribution in [2.45, 2.75) is 52.6 Å². The molecule has 1 saturated carbocycles. The molecule has 88 valence electrons. The number of carbonyl (C=O) groups excluding carboxylic acids is 1. The molecule has 1 aliphatic rings. The van der Waals surface area contributed by atoms with Gasteiger partial charge in [0.25, 0.3) is 0 Å². The van der Waals surface area contributed by atoms with Gasteiger partial charge in [-0.1, -0.05) is 13.8 Å². The van der Waals surface area contributed by atoms with Crippen LogP contribution in [-0.4, -0.2) is 24.5 Å². The molecule has 1 fully saturated rings. The summed E-state index contributed by atoms with van der Waals surface area (Å²) in [4.78, 5) is 11.7. The molecule has 0 radical (unpaired) electrons. The van der Waals surface area contributed by atoms with Crippen LogP contribution in [0.1, 0.15) is 40.5 Å². The minimum absolute atomic E-state index is 0.0631. The van der Waals surface area contributed by atoms with Gasteiger partial charge in [0.2, 0.25) is 5.91 Å².